The molecule has 1 fully saturated rings. The van der Waals surface area contributed by atoms with Gasteiger partial charge in [-0.3, -0.25) is 14.6 Å². The van der Waals surface area contributed by atoms with Crippen LogP contribution in [0.15, 0.2) is 47.5 Å². The van der Waals surface area contributed by atoms with Gasteiger partial charge in [-0.1, -0.05) is 18.2 Å². The molecule has 29 heavy (non-hydrogen) atoms. The standard InChI is InChI=1S/C21H23N5O3/c1-3-26-20(27)16-7-5-4-6-15(16)19(23-26)21(28)25-12-10-24(11-13-25)17-14-22-9-8-18(17)29-2/h4-9,14H,3,10-13H2,1-2H3. The topological polar surface area (TPSA) is 80.6 Å². The molecule has 0 spiro atoms. The SMILES string of the molecule is CCn1nc(C(=O)N2CCN(c3cnccc3OC)CC2)c2ccccc2c1=O. The minimum absolute atomic E-state index is 0.152. The number of ether oxygens (including phenoxy) is 1. The Hall–Kier alpha value is -3.42. The first-order chi connectivity index (χ1) is 14.1. The van der Waals surface area contributed by atoms with Crippen molar-refractivity contribution >= 4 is 22.4 Å². The normalized spacial score (nSPS) is 14.3. The van der Waals surface area contributed by atoms with Gasteiger partial charge in [0.2, 0.25) is 0 Å². The van der Waals surface area contributed by atoms with Crippen LogP contribution >= 0.6 is 0 Å². The highest BCUT2D eigenvalue weighted by Crippen LogP contribution is 2.27. The predicted octanol–water partition coefficient (Wildman–Crippen LogP) is 1.78. The second-order valence-corrected chi connectivity index (χ2v) is 6.84. The zero-order chi connectivity index (χ0) is 20.4. The van der Waals surface area contributed by atoms with E-state index in [9.17, 15) is 9.59 Å². The molecular weight excluding hydrogens is 370 g/mol. The average Bonchev–Trinajstić information content (AvgIpc) is 2.79. The largest absolute Gasteiger partial charge is 0.494 e. The van der Waals surface area contributed by atoms with Gasteiger partial charge < -0.3 is 14.5 Å². The third-order valence-corrected chi connectivity index (χ3v) is 5.26. The number of piperazine rings is 1. The number of hydrogen-bond donors (Lipinski definition) is 0. The summed E-state index contributed by atoms with van der Waals surface area (Å²) in [5, 5.41) is 5.49. The lowest BCUT2D eigenvalue weighted by atomic mass is 10.1. The number of anilines is 1. The smallest absolute Gasteiger partial charge is 0.275 e. The second-order valence-electron chi connectivity index (χ2n) is 6.84. The van der Waals surface area contributed by atoms with E-state index in [1.54, 1.807) is 42.6 Å². The number of nitrogens with zero attached hydrogens (tertiary/aromatic N) is 5. The van der Waals surface area contributed by atoms with Crippen molar-refractivity contribution in [2.24, 2.45) is 0 Å². The number of methoxy groups -OCH3 is 1. The molecule has 4 rings (SSSR count). The van der Waals surface area contributed by atoms with Gasteiger partial charge in [0.1, 0.15) is 5.75 Å². The van der Waals surface area contributed by atoms with Crippen LogP contribution < -0.4 is 15.2 Å². The molecule has 8 nitrogen and oxygen atoms in total. The molecule has 1 saturated heterocycles. The fraction of sp³-hybridized carbons (Fsp3) is 0.333. The number of fused-ring (bicyclic) bond motifs is 1. The van der Waals surface area contributed by atoms with Gasteiger partial charge in [-0.25, -0.2) is 4.68 Å². The molecule has 150 valence electrons. The summed E-state index contributed by atoms with van der Waals surface area (Å²) in [5.74, 6) is 0.615. The summed E-state index contributed by atoms with van der Waals surface area (Å²) < 4.78 is 6.78. The van der Waals surface area contributed by atoms with Gasteiger partial charge >= 0.3 is 0 Å². The minimum Gasteiger partial charge on any atom is -0.494 e. The first kappa shape index (κ1) is 18.9. The Labute approximate surface area is 168 Å². The number of aromatic nitrogens is 3. The van der Waals surface area contributed by atoms with Crippen molar-refractivity contribution in [2.75, 3.05) is 38.2 Å². The van der Waals surface area contributed by atoms with E-state index in [0.29, 0.717) is 49.2 Å². The van der Waals surface area contributed by atoms with Crippen LogP contribution in [-0.2, 0) is 6.54 Å². The number of aryl methyl sites for hydroxylation is 1. The van der Waals surface area contributed by atoms with Crippen LogP contribution in [0.3, 0.4) is 0 Å². The summed E-state index contributed by atoms with van der Waals surface area (Å²) in [5.41, 5.74) is 1.08. The van der Waals surface area contributed by atoms with Gasteiger partial charge in [0, 0.05) is 50.4 Å². The summed E-state index contributed by atoms with van der Waals surface area (Å²) >= 11 is 0. The van der Waals surface area contributed by atoms with Gasteiger partial charge in [-0.05, 0) is 13.0 Å². The highest BCUT2D eigenvalue weighted by Gasteiger charge is 2.26. The zero-order valence-corrected chi connectivity index (χ0v) is 16.5. The maximum Gasteiger partial charge on any atom is 0.275 e. The number of carbonyl (C=O) groups excluding carboxylic acids is 1. The molecule has 0 radical (unpaired) electrons. The Bertz CT molecular complexity index is 1100. The lowest BCUT2D eigenvalue weighted by Crippen LogP contribution is -2.49. The lowest BCUT2D eigenvalue weighted by Gasteiger charge is -2.36. The monoisotopic (exact) mass is 393 g/mol. The van der Waals surface area contributed by atoms with E-state index in [-0.39, 0.29) is 11.5 Å². The van der Waals surface area contributed by atoms with Crippen LogP contribution in [-0.4, -0.2) is 58.9 Å². The molecule has 8 heteroatoms. The number of pyridine rings is 1. The Kier molecular flexibility index (Phi) is 5.16. The molecule has 1 aliphatic heterocycles. The summed E-state index contributed by atoms with van der Waals surface area (Å²) in [6.45, 7) is 4.70. The molecule has 0 saturated carbocycles. The van der Waals surface area contributed by atoms with Crippen molar-refractivity contribution in [3.8, 4) is 5.75 Å². The molecule has 1 amide bonds. The highest BCUT2D eigenvalue weighted by atomic mass is 16.5. The zero-order valence-electron chi connectivity index (χ0n) is 16.5. The Balaban J connectivity index is 1.59. The van der Waals surface area contributed by atoms with E-state index < -0.39 is 0 Å². The molecule has 1 aliphatic rings. The molecule has 2 aromatic heterocycles. The number of benzene rings is 1. The molecule has 3 heterocycles. The first-order valence-corrected chi connectivity index (χ1v) is 9.66. The van der Waals surface area contributed by atoms with Crippen LogP contribution in [0.25, 0.3) is 10.8 Å². The Morgan fingerprint density at radius 3 is 2.52 bits per heavy atom. The minimum atomic E-state index is -0.173. The summed E-state index contributed by atoms with van der Waals surface area (Å²) in [7, 11) is 1.64. The van der Waals surface area contributed by atoms with Crippen LogP contribution in [0, 0.1) is 0 Å². The highest BCUT2D eigenvalue weighted by molar-refractivity contribution is 6.04. The van der Waals surface area contributed by atoms with Crippen molar-refractivity contribution in [1.29, 1.82) is 0 Å². The Morgan fingerprint density at radius 1 is 1.10 bits per heavy atom. The van der Waals surface area contributed by atoms with Crippen molar-refractivity contribution in [1.82, 2.24) is 19.7 Å². The van der Waals surface area contributed by atoms with E-state index in [1.807, 2.05) is 19.1 Å². The number of carbonyl (C=O) groups is 1. The molecule has 0 unspecified atom stereocenters. The van der Waals surface area contributed by atoms with E-state index >= 15 is 0 Å². The lowest BCUT2D eigenvalue weighted by molar-refractivity contribution is 0.0740. The molecule has 0 aliphatic carbocycles. The van der Waals surface area contributed by atoms with E-state index in [1.165, 1.54) is 4.68 Å². The molecule has 0 bridgehead atoms. The van der Waals surface area contributed by atoms with Crippen LogP contribution in [0.5, 0.6) is 5.75 Å². The Morgan fingerprint density at radius 2 is 1.83 bits per heavy atom. The average molecular weight is 393 g/mol. The molecule has 0 N–H and O–H groups in total. The van der Waals surface area contributed by atoms with E-state index in [0.717, 1.165) is 11.4 Å². The molecular formula is C21H23N5O3. The predicted molar refractivity (Wildman–Crippen MR) is 111 cm³/mol. The van der Waals surface area contributed by atoms with Gasteiger partial charge in [-0.2, -0.15) is 5.10 Å². The quantitative estimate of drug-likeness (QED) is 0.672. The number of rotatable bonds is 4. The maximum atomic E-state index is 13.3. The van der Waals surface area contributed by atoms with Crippen molar-refractivity contribution in [3.05, 3.63) is 58.8 Å². The summed E-state index contributed by atoms with van der Waals surface area (Å²) in [4.78, 5) is 33.9. The third-order valence-electron chi connectivity index (χ3n) is 5.26. The van der Waals surface area contributed by atoms with E-state index in [2.05, 4.69) is 15.0 Å². The summed E-state index contributed by atoms with van der Waals surface area (Å²) in [6, 6.07) is 8.99. The van der Waals surface area contributed by atoms with Crippen LogP contribution in [0.4, 0.5) is 5.69 Å². The van der Waals surface area contributed by atoms with Gasteiger partial charge in [0.05, 0.1) is 24.4 Å². The van der Waals surface area contributed by atoms with Gasteiger partial charge in [-0.15, -0.1) is 0 Å². The van der Waals surface area contributed by atoms with E-state index in [4.69, 9.17) is 4.74 Å². The fourth-order valence-electron chi connectivity index (χ4n) is 3.69. The molecule has 0 atom stereocenters. The van der Waals surface area contributed by atoms with Crippen molar-refractivity contribution in [2.45, 2.75) is 13.5 Å². The number of amides is 1. The van der Waals surface area contributed by atoms with Crippen LogP contribution in [0.2, 0.25) is 0 Å². The molecule has 1 aromatic carbocycles. The maximum absolute atomic E-state index is 13.3. The molecule has 3 aromatic rings. The number of hydrogen-bond acceptors (Lipinski definition) is 6. The van der Waals surface area contributed by atoms with Gasteiger partial charge in [0.25, 0.3) is 11.5 Å². The van der Waals surface area contributed by atoms with Gasteiger partial charge in [0.15, 0.2) is 5.69 Å². The van der Waals surface area contributed by atoms with Crippen LogP contribution in [0.1, 0.15) is 17.4 Å². The summed E-state index contributed by atoms with van der Waals surface area (Å²) in [6.07, 6.45) is 3.48. The first-order valence-electron chi connectivity index (χ1n) is 9.66. The van der Waals surface area contributed by atoms with Crippen molar-refractivity contribution in [3.63, 3.8) is 0 Å². The second kappa shape index (κ2) is 7.90. The third kappa shape index (κ3) is 3.41. The fourth-order valence-corrected chi connectivity index (χ4v) is 3.69. The van der Waals surface area contributed by atoms with Crippen molar-refractivity contribution < 1.29 is 9.53 Å².